The van der Waals surface area contributed by atoms with Crippen molar-refractivity contribution >= 4 is 17.8 Å². The number of hydrogen-bond acceptors (Lipinski definition) is 7. The fraction of sp³-hybridized carbons (Fsp3) is 0.692. The number of nitrogens with one attached hydrogen (secondary N) is 1. The minimum atomic E-state index is -0.432. The van der Waals surface area contributed by atoms with Crippen LogP contribution in [0.15, 0.2) is 0 Å². The summed E-state index contributed by atoms with van der Waals surface area (Å²) in [5.74, 6) is 0.710. The van der Waals surface area contributed by atoms with Gasteiger partial charge in [-0.05, 0) is 12.3 Å². The van der Waals surface area contributed by atoms with Crippen molar-refractivity contribution in [1.82, 2.24) is 15.0 Å². The van der Waals surface area contributed by atoms with Crippen molar-refractivity contribution in [3.05, 3.63) is 0 Å². The molecule has 1 aromatic rings. The molecular formula is C13H24N6O2. The second kappa shape index (κ2) is 8.23. The zero-order valence-electron chi connectivity index (χ0n) is 13.1. The Bertz CT molecular complexity index is 466. The topological polar surface area (TPSA) is 106 Å². The van der Waals surface area contributed by atoms with Crippen LogP contribution in [0.5, 0.6) is 6.01 Å². The number of nitrogens with zero attached hydrogens (tertiary/aromatic N) is 4. The van der Waals surface area contributed by atoms with E-state index < -0.39 is 5.91 Å². The summed E-state index contributed by atoms with van der Waals surface area (Å²) in [7, 11) is 1.49. The Labute approximate surface area is 125 Å². The molecule has 0 spiro atoms. The fourth-order valence-corrected chi connectivity index (χ4v) is 1.74. The molecule has 0 unspecified atom stereocenters. The normalized spacial score (nSPS) is 10.5. The van der Waals surface area contributed by atoms with Crippen LogP contribution in [-0.2, 0) is 4.79 Å². The van der Waals surface area contributed by atoms with Crippen molar-refractivity contribution in [1.29, 1.82) is 0 Å². The molecule has 1 aromatic heterocycles. The van der Waals surface area contributed by atoms with Crippen LogP contribution in [-0.4, -0.2) is 47.6 Å². The van der Waals surface area contributed by atoms with E-state index in [4.69, 9.17) is 10.5 Å². The number of aromatic nitrogens is 3. The molecule has 3 N–H and O–H groups in total. The Morgan fingerprint density at radius 1 is 1.38 bits per heavy atom. The molecule has 0 aromatic carbocycles. The van der Waals surface area contributed by atoms with E-state index >= 15 is 0 Å². The minimum Gasteiger partial charge on any atom is -0.467 e. The Hall–Kier alpha value is -2.12. The summed E-state index contributed by atoms with van der Waals surface area (Å²) < 4.78 is 5.09. The molecule has 0 aliphatic rings. The molecule has 1 rings (SSSR count). The van der Waals surface area contributed by atoms with Crippen LogP contribution in [0.2, 0.25) is 0 Å². The van der Waals surface area contributed by atoms with E-state index in [-0.39, 0.29) is 12.6 Å². The second-order valence-corrected chi connectivity index (χ2v) is 5.11. The van der Waals surface area contributed by atoms with E-state index in [1.165, 1.54) is 7.11 Å². The van der Waals surface area contributed by atoms with Gasteiger partial charge in [-0.25, -0.2) is 0 Å². The van der Waals surface area contributed by atoms with E-state index in [1.54, 1.807) is 4.90 Å². The molecular weight excluding hydrogens is 272 g/mol. The van der Waals surface area contributed by atoms with Gasteiger partial charge in [-0.2, -0.15) is 15.0 Å². The van der Waals surface area contributed by atoms with E-state index in [9.17, 15) is 4.79 Å². The maximum atomic E-state index is 11.2. The Morgan fingerprint density at radius 2 is 2.10 bits per heavy atom. The van der Waals surface area contributed by atoms with Gasteiger partial charge in [-0.1, -0.05) is 20.8 Å². The molecule has 21 heavy (non-hydrogen) atoms. The SMILES string of the molecule is CCCNc1nc(OC)nc(N(CC(N)=O)CC(C)C)n1. The Balaban J connectivity index is 3.06. The summed E-state index contributed by atoms with van der Waals surface area (Å²) in [6.45, 7) is 7.55. The van der Waals surface area contributed by atoms with Crippen LogP contribution >= 0.6 is 0 Å². The zero-order chi connectivity index (χ0) is 15.8. The van der Waals surface area contributed by atoms with Crippen LogP contribution in [0.25, 0.3) is 0 Å². The predicted octanol–water partition coefficient (Wildman–Crippen LogP) is 0.650. The molecule has 0 saturated carbocycles. The van der Waals surface area contributed by atoms with Crippen LogP contribution in [0.3, 0.4) is 0 Å². The number of anilines is 2. The average molecular weight is 296 g/mol. The summed E-state index contributed by atoms with van der Waals surface area (Å²) in [5.41, 5.74) is 5.30. The van der Waals surface area contributed by atoms with Crippen LogP contribution in [0.1, 0.15) is 27.2 Å². The van der Waals surface area contributed by atoms with Gasteiger partial charge >= 0.3 is 6.01 Å². The smallest absolute Gasteiger partial charge is 0.322 e. The van der Waals surface area contributed by atoms with Gasteiger partial charge in [0.05, 0.1) is 13.7 Å². The molecule has 8 nitrogen and oxygen atoms in total. The summed E-state index contributed by atoms with van der Waals surface area (Å²) >= 11 is 0. The van der Waals surface area contributed by atoms with Gasteiger partial charge in [0.2, 0.25) is 17.8 Å². The summed E-state index contributed by atoms with van der Waals surface area (Å²) in [6.07, 6.45) is 0.945. The van der Waals surface area contributed by atoms with E-state index in [2.05, 4.69) is 20.3 Å². The highest BCUT2D eigenvalue weighted by Gasteiger charge is 2.17. The Kier molecular flexibility index (Phi) is 6.64. The lowest BCUT2D eigenvalue weighted by Gasteiger charge is -2.23. The number of carbonyl (C=O) groups is 1. The number of methoxy groups -OCH3 is 1. The molecule has 0 fully saturated rings. The largest absolute Gasteiger partial charge is 0.467 e. The van der Waals surface area contributed by atoms with Crippen LogP contribution in [0.4, 0.5) is 11.9 Å². The summed E-state index contributed by atoms with van der Waals surface area (Å²) in [4.78, 5) is 25.6. The third kappa shape index (κ3) is 5.80. The highest BCUT2D eigenvalue weighted by atomic mass is 16.5. The molecule has 8 heteroatoms. The van der Waals surface area contributed by atoms with Crippen molar-refractivity contribution < 1.29 is 9.53 Å². The summed E-state index contributed by atoms with van der Waals surface area (Å²) in [6, 6.07) is 0.205. The monoisotopic (exact) mass is 296 g/mol. The molecule has 0 bridgehead atoms. The van der Waals surface area contributed by atoms with Crippen molar-refractivity contribution in [2.45, 2.75) is 27.2 Å². The van der Waals surface area contributed by atoms with Crippen LogP contribution < -0.4 is 20.7 Å². The van der Waals surface area contributed by atoms with Crippen molar-refractivity contribution in [2.24, 2.45) is 11.7 Å². The summed E-state index contributed by atoms with van der Waals surface area (Å²) in [5, 5.41) is 3.09. The molecule has 0 atom stereocenters. The number of ether oxygens (including phenoxy) is 1. The van der Waals surface area contributed by atoms with Gasteiger partial charge in [0.25, 0.3) is 0 Å². The molecule has 118 valence electrons. The number of primary amides is 1. The Morgan fingerprint density at radius 3 is 2.62 bits per heavy atom. The number of hydrogen-bond donors (Lipinski definition) is 2. The first-order valence-corrected chi connectivity index (χ1v) is 7.03. The lowest BCUT2D eigenvalue weighted by Crippen LogP contribution is -2.37. The van der Waals surface area contributed by atoms with Gasteiger partial charge in [-0.3, -0.25) is 4.79 Å². The standard InChI is InChI=1S/C13H24N6O2/c1-5-6-15-11-16-12(18-13(17-11)21-4)19(7-9(2)3)8-10(14)20/h9H,5-8H2,1-4H3,(H2,14,20)(H,15,16,17,18). The maximum absolute atomic E-state index is 11.2. The third-order valence-corrected chi connectivity index (χ3v) is 2.53. The van der Waals surface area contributed by atoms with Crippen molar-refractivity contribution in [2.75, 3.05) is 37.0 Å². The molecule has 1 amide bonds. The van der Waals surface area contributed by atoms with E-state index in [0.29, 0.717) is 24.4 Å². The lowest BCUT2D eigenvalue weighted by atomic mass is 10.2. The average Bonchev–Trinajstić information content (AvgIpc) is 2.43. The maximum Gasteiger partial charge on any atom is 0.322 e. The second-order valence-electron chi connectivity index (χ2n) is 5.11. The fourth-order valence-electron chi connectivity index (χ4n) is 1.74. The van der Waals surface area contributed by atoms with Crippen LogP contribution in [0, 0.1) is 5.92 Å². The highest BCUT2D eigenvalue weighted by molar-refractivity contribution is 5.78. The number of amides is 1. The highest BCUT2D eigenvalue weighted by Crippen LogP contribution is 2.16. The van der Waals surface area contributed by atoms with Crippen molar-refractivity contribution in [3.8, 4) is 6.01 Å². The van der Waals surface area contributed by atoms with Gasteiger partial charge in [0.1, 0.15) is 0 Å². The molecule has 1 heterocycles. The van der Waals surface area contributed by atoms with Gasteiger partial charge in [0, 0.05) is 13.1 Å². The number of nitrogens with two attached hydrogens (primary N) is 1. The quantitative estimate of drug-likeness (QED) is 0.689. The third-order valence-electron chi connectivity index (χ3n) is 2.53. The lowest BCUT2D eigenvalue weighted by molar-refractivity contribution is -0.116. The molecule has 0 aliphatic heterocycles. The number of rotatable bonds is 9. The van der Waals surface area contributed by atoms with Crippen molar-refractivity contribution in [3.63, 3.8) is 0 Å². The zero-order valence-corrected chi connectivity index (χ0v) is 13.1. The molecule has 0 aliphatic carbocycles. The first-order valence-electron chi connectivity index (χ1n) is 7.03. The minimum absolute atomic E-state index is 0.0541. The van der Waals surface area contributed by atoms with E-state index in [0.717, 1.165) is 13.0 Å². The predicted molar refractivity (Wildman–Crippen MR) is 81.4 cm³/mol. The van der Waals surface area contributed by atoms with Gasteiger partial charge in [0.15, 0.2) is 0 Å². The molecule has 0 saturated heterocycles. The number of carbonyl (C=O) groups excluding carboxylic acids is 1. The van der Waals surface area contributed by atoms with Gasteiger partial charge in [-0.15, -0.1) is 0 Å². The first-order chi connectivity index (χ1) is 9.96. The van der Waals surface area contributed by atoms with E-state index in [1.807, 2.05) is 20.8 Å². The molecule has 0 radical (unpaired) electrons. The van der Waals surface area contributed by atoms with Gasteiger partial charge < -0.3 is 20.7 Å². The first kappa shape index (κ1) is 16.9.